The maximum absolute atomic E-state index is 12.7. The lowest BCUT2D eigenvalue weighted by Crippen LogP contribution is -2.27. The van der Waals surface area contributed by atoms with Gasteiger partial charge < -0.3 is 11.1 Å². The summed E-state index contributed by atoms with van der Waals surface area (Å²) in [4.78, 5) is 17.2. The maximum Gasteiger partial charge on any atom is 0.249 e. The number of carbonyl (C=O) groups excluding carboxylic acids is 1. The van der Waals surface area contributed by atoms with Crippen LogP contribution < -0.4 is 11.1 Å². The second kappa shape index (κ2) is 7.66. The predicted octanol–water partition coefficient (Wildman–Crippen LogP) is 3.30. The summed E-state index contributed by atoms with van der Waals surface area (Å²) in [6.07, 6.45) is 2.44. The van der Waals surface area contributed by atoms with Gasteiger partial charge in [-0.3, -0.25) is 9.36 Å². The fourth-order valence-electron chi connectivity index (χ4n) is 2.47. The minimum Gasteiger partial charge on any atom is -0.368 e. The number of thioether (sulfide) groups is 1. The largest absolute Gasteiger partial charge is 0.368 e. The first kappa shape index (κ1) is 17.4. The molecule has 130 valence electrons. The van der Waals surface area contributed by atoms with Crippen LogP contribution in [-0.2, 0) is 4.79 Å². The molecule has 0 fully saturated rings. The number of anilines is 2. The zero-order valence-electron chi connectivity index (χ0n) is 13.8. The molecule has 1 atom stereocenters. The lowest BCUT2D eigenvalue weighted by atomic mass is 10.2. The van der Waals surface area contributed by atoms with Crippen molar-refractivity contribution < 1.29 is 4.79 Å². The molecule has 7 nitrogen and oxygen atoms in total. The second-order valence-corrected chi connectivity index (χ2v) is 6.86. The lowest BCUT2D eigenvalue weighted by Gasteiger charge is -2.17. The molecule has 3 rings (SSSR count). The number of amides is 1. The molecule has 0 aliphatic rings. The second-order valence-electron chi connectivity index (χ2n) is 5.23. The normalized spacial score (nSPS) is 12.1. The van der Waals surface area contributed by atoms with E-state index >= 15 is 0 Å². The van der Waals surface area contributed by atoms with Crippen LogP contribution in [-0.4, -0.2) is 31.9 Å². The van der Waals surface area contributed by atoms with Gasteiger partial charge in [0.05, 0.1) is 5.69 Å². The van der Waals surface area contributed by atoms with E-state index in [1.165, 1.54) is 23.1 Å². The van der Waals surface area contributed by atoms with Crippen LogP contribution in [0.4, 0.5) is 11.1 Å². The number of nitrogens with one attached hydrogen (secondary N) is 1. The third kappa shape index (κ3) is 3.67. The van der Waals surface area contributed by atoms with Gasteiger partial charge in [-0.25, -0.2) is 4.98 Å². The van der Waals surface area contributed by atoms with Crippen molar-refractivity contribution in [2.24, 2.45) is 0 Å². The van der Waals surface area contributed by atoms with E-state index < -0.39 is 6.04 Å². The highest BCUT2D eigenvalue weighted by Crippen LogP contribution is 2.27. The molecule has 3 N–H and O–H groups in total. The van der Waals surface area contributed by atoms with Gasteiger partial charge in [0, 0.05) is 10.9 Å². The molecular weight excluding hydrogens is 356 g/mol. The van der Waals surface area contributed by atoms with E-state index in [1.807, 2.05) is 48.9 Å². The minimum absolute atomic E-state index is 0.182. The molecule has 0 saturated carbocycles. The molecule has 1 aromatic carbocycles. The van der Waals surface area contributed by atoms with Crippen LogP contribution in [0.15, 0.2) is 40.9 Å². The zero-order chi connectivity index (χ0) is 17.8. The molecule has 1 unspecified atom stereocenters. The standard InChI is InChI=1S/C16H18N6OS2/c1-3-12(22-14(17)20-21-16(22)24-2)13(23)19-15-18-11(9-25-15)10-7-5-4-6-8-10/h4-9,12H,3H2,1-2H3,(H2,17,20)(H,18,19,23). The van der Waals surface area contributed by atoms with E-state index in [4.69, 9.17) is 5.73 Å². The van der Waals surface area contributed by atoms with Crippen molar-refractivity contribution in [1.29, 1.82) is 0 Å². The monoisotopic (exact) mass is 374 g/mol. The Kier molecular flexibility index (Phi) is 5.34. The summed E-state index contributed by atoms with van der Waals surface area (Å²) in [6, 6.07) is 9.35. The topological polar surface area (TPSA) is 98.7 Å². The molecule has 3 aromatic rings. The van der Waals surface area contributed by atoms with Crippen LogP contribution in [0.1, 0.15) is 19.4 Å². The highest BCUT2D eigenvalue weighted by atomic mass is 32.2. The molecule has 0 saturated heterocycles. The van der Waals surface area contributed by atoms with Gasteiger partial charge in [-0.1, -0.05) is 49.0 Å². The third-order valence-corrected chi connectivity index (χ3v) is 5.08. The highest BCUT2D eigenvalue weighted by Gasteiger charge is 2.25. The third-order valence-electron chi connectivity index (χ3n) is 3.68. The number of rotatable bonds is 6. The first-order valence-corrected chi connectivity index (χ1v) is 9.80. The number of aromatic nitrogens is 4. The van der Waals surface area contributed by atoms with E-state index in [9.17, 15) is 4.79 Å². The maximum atomic E-state index is 12.7. The SMILES string of the molecule is CCC(C(=O)Nc1nc(-c2ccccc2)cs1)n1c(N)nnc1SC. The summed E-state index contributed by atoms with van der Waals surface area (Å²) in [5.74, 6) is 0.0497. The van der Waals surface area contributed by atoms with Gasteiger partial charge in [0.15, 0.2) is 10.3 Å². The quantitative estimate of drug-likeness (QED) is 0.642. The van der Waals surface area contributed by atoms with Crippen LogP contribution in [0, 0.1) is 0 Å². The molecule has 0 bridgehead atoms. The van der Waals surface area contributed by atoms with Gasteiger partial charge in [-0.15, -0.1) is 21.5 Å². The molecule has 9 heteroatoms. The highest BCUT2D eigenvalue weighted by molar-refractivity contribution is 7.98. The van der Waals surface area contributed by atoms with Crippen molar-refractivity contribution in [1.82, 2.24) is 19.7 Å². The summed E-state index contributed by atoms with van der Waals surface area (Å²) in [5.41, 5.74) is 7.74. The van der Waals surface area contributed by atoms with Crippen LogP contribution in [0.2, 0.25) is 0 Å². The van der Waals surface area contributed by atoms with Gasteiger partial charge in [0.2, 0.25) is 11.9 Å². The summed E-state index contributed by atoms with van der Waals surface area (Å²) in [6.45, 7) is 1.92. The number of nitrogens with two attached hydrogens (primary N) is 1. The average Bonchev–Trinajstić information content (AvgIpc) is 3.24. The molecule has 0 aliphatic carbocycles. The lowest BCUT2D eigenvalue weighted by molar-refractivity contribution is -0.119. The van der Waals surface area contributed by atoms with E-state index in [-0.39, 0.29) is 11.9 Å². The van der Waals surface area contributed by atoms with Gasteiger partial charge in [0.25, 0.3) is 0 Å². The van der Waals surface area contributed by atoms with Crippen LogP contribution in [0.3, 0.4) is 0 Å². The fourth-order valence-corrected chi connectivity index (χ4v) is 3.73. The first-order valence-electron chi connectivity index (χ1n) is 7.70. The summed E-state index contributed by atoms with van der Waals surface area (Å²) >= 11 is 2.79. The number of hydrogen-bond donors (Lipinski definition) is 2. The Morgan fingerprint density at radius 1 is 1.36 bits per heavy atom. The molecule has 0 spiro atoms. The first-order chi connectivity index (χ1) is 12.1. The average molecular weight is 374 g/mol. The minimum atomic E-state index is -0.485. The van der Waals surface area contributed by atoms with E-state index in [0.29, 0.717) is 16.7 Å². The molecule has 1 amide bonds. The molecule has 2 aromatic heterocycles. The number of thiazole rings is 1. The Balaban J connectivity index is 1.79. The molecular formula is C16H18N6OS2. The summed E-state index contributed by atoms with van der Waals surface area (Å²) < 4.78 is 1.66. The Morgan fingerprint density at radius 2 is 2.12 bits per heavy atom. The van der Waals surface area contributed by atoms with E-state index in [0.717, 1.165) is 11.3 Å². The van der Waals surface area contributed by atoms with Gasteiger partial charge in [0.1, 0.15) is 6.04 Å². The Morgan fingerprint density at radius 3 is 2.80 bits per heavy atom. The van der Waals surface area contributed by atoms with Gasteiger partial charge in [-0.2, -0.15) is 0 Å². The van der Waals surface area contributed by atoms with Crippen LogP contribution >= 0.6 is 23.1 Å². The van der Waals surface area contributed by atoms with E-state index in [2.05, 4.69) is 20.5 Å². The van der Waals surface area contributed by atoms with Crippen LogP contribution in [0.25, 0.3) is 11.3 Å². The van der Waals surface area contributed by atoms with E-state index in [1.54, 1.807) is 4.57 Å². The van der Waals surface area contributed by atoms with Crippen molar-refractivity contribution in [3.05, 3.63) is 35.7 Å². The number of nitrogen functional groups attached to an aromatic ring is 1. The van der Waals surface area contributed by atoms with Crippen molar-refractivity contribution in [2.45, 2.75) is 24.5 Å². The Hall–Kier alpha value is -2.39. The molecule has 0 aliphatic heterocycles. The molecule has 0 radical (unpaired) electrons. The van der Waals surface area contributed by atoms with Crippen molar-refractivity contribution in [3.63, 3.8) is 0 Å². The number of benzene rings is 1. The zero-order valence-corrected chi connectivity index (χ0v) is 15.5. The van der Waals surface area contributed by atoms with Crippen molar-refractivity contribution >= 4 is 40.1 Å². The summed E-state index contributed by atoms with van der Waals surface area (Å²) in [7, 11) is 0. The van der Waals surface area contributed by atoms with Crippen LogP contribution in [0.5, 0.6) is 0 Å². The number of hydrogen-bond acceptors (Lipinski definition) is 7. The number of carbonyl (C=O) groups is 1. The Labute approximate surface area is 153 Å². The predicted molar refractivity (Wildman–Crippen MR) is 102 cm³/mol. The molecule has 25 heavy (non-hydrogen) atoms. The van der Waals surface area contributed by atoms with Gasteiger partial charge in [-0.05, 0) is 12.7 Å². The smallest absolute Gasteiger partial charge is 0.249 e. The summed E-state index contributed by atoms with van der Waals surface area (Å²) in [5, 5.41) is 13.8. The van der Waals surface area contributed by atoms with Crippen molar-refractivity contribution in [2.75, 3.05) is 17.3 Å². The Bertz CT molecular complexity index is 861. The molecule has 2 heterocycles. The van der Waals surface area contributed by atoms with Gasteiger partial charge >= 0.3 is 0 Å². The number of nitrogens with zero attached hydrogens (tertiary/aromatic N) is 4. The van der Waals surface area contributed by atoms with Crippen molar-refractivity contribution in [3.8, 4) is 11.3 Å². The fraction of sp³-hybridized carbons (Fsp3) is 0.250.